The van der Waals surface area contributed by atoms with Gasteiger partial charge in [0.25, 0.3) is 29.7 Å². The van der Waals surface area contributed by atoms with Crippen LogP contribution in [-0.4, -0.2) is 272 Å². The predicted octanol–water partition coefficient (Wildman–Crippen LogP) is -2.89. The number of halogens is 1. The van der Waals surface area contributed by atoms with Crippen molar-refractivity contribution in [3.8, 4) is 12.3 Å². The Hall–Kier alpha value is -8.11. The highest BCUT2D eigenvalue weighted by atomic mass is 127. The first-order valence-electron chi connectivity index (χ1n) is 25.8. The number of nitrogens with one attached hydrogen (secondary N) is 4. The molecule has 84 heavy (non-hydrogen) atoms. The van der Waals surface area contributed by atoms with Crippen LogP contribution in [0.1, 0.15) is 17.1 Å². The van der Waals surface area contributed by atoms with Crippen molar-refractivity contribution in [3.63, 3.8) is 0 Å². The van der Waals surface area contributed by atoms with Gasteiger partial charge >= 0.3 is 24.1 Å². The summed E-state index contributed by atoms with van der Waals surface area (Å²) in [7, 11) is 6.97. The molecule has 8 bridgehead atoms. The van der Waals surface area contributed by atoms with Crippen LogP contribution >= 0.6 is 22.6 Å². The van der Waals surface area contributed by atoms with Gasteiger partial charge in [0, 0.05) is 63.0 Å². The van der Waals surface area contributed by atoms with E-state index >= 15 is 0 Å². The Morgan fingerprint density at radius 3 is 1.40 bits per heavy atom. The molecule has 3 aromatic rings. The monoisotopic (exact) mass is 1260 g/mol. The summed E-state index contributed by atoms with van der Waals surface area (Å²) in [5.74, 6) is 2.30. The molecule has 0 aromatic carbocycles. The summed E-state index contributed by atoms with van der Waals surface area (Å²) in [5.41, 5.74) is 4.68. The summed E-state index contributed by atoms with van der Waals surface area (Å²) in [6.45, 7) is 14.1. The van der Waals surface area contributed by atoms with Crippen molar-refractivity contribution in [2.75, 3.05) is 79.2 Å². The molecular weight excluding hydrogens is 1200 g/mol. The Kier molecular flexibility index (Phi) is 23.8. The van der Waals surface area contributed by atoms with Gasteiger partial charge in [-0.25, -0.2) is 33.2 Å². The number of nitrogens with zero attached hydrogens (tertiary/aromatic N) is 17. The van der Waals surface area contributed by atoms with Crippen molar-refractivity contribution in [3.05, 3.63) is 88.9 Å². The van der Waals surface area contributed by atoms with E-state index in [-0.39, 0.29) is 48.9 Å². The van der Waals surface area contributed by atoms with Crippen LogP contribution in [-0.2, 0) is 48.5 Å². The smallest absolute Gasteiger partial charge is 0.345 e. The van der Waals surface area contributed by atoms with Gasteiger partial charge in [-0.3, -0.25) is 14.9 Å². The molecule has 11 heterocycles. The first kappa shape index (κ1) is 63.5. The van der Waals surface area contributed by atoms with E-state index in [9.17, 15) is 43.6 Å². The zero-order chi connectivity index (χ0) is 60.1. The van der Waals surface area contributed by atoms with Crippen molar-refractivity contribution in [2.24, 2.45) is 0 Å². The van der Waals surface area contributed by atoms with E-state index in [1.165, 1.54) is 43.4 Å². The maximum absolute atomic E-state index is 12.2. The molecule has 4 radical (unpaired) electrons. The summed E-state index contributed by atoms with van der Waals surface area (Å²) in [5, 5.41) is 48.2. The minimum Gasteiger partial charge on any atom is -0.349 e. The molecule has 4 saturated heterocycles. The second-order valence-corrected chi connectivity index (χ2v) is 20.1. The number of likely N-dealkylation sites (N-methyl/N-ethyl adjacent to an activating group) is 1. The molecule has 0 saturated carbocycles. The third-order valence-electron chi connectivity index (χ3n) is 12.9. The van der Waals surface area contributed by atoms with Crippen LogP contribution in [0.2, 0.25) is 0 Å². The summed E-state index contributed by atoms with van der Waals surface area (Å²) in [6, 6.07) is -0.887. The fraction of sp³-hybridized carbons (Fsp3) is 0.404. The van der Waals surface area contributed by atoms with Gasteiger partial charge in [0.05, 0.1) is 141 Å². The first-order valence-corrected chi connectivity index (χ1v) is 26.9. The number of urea groups is 4. The lowest BCUT2D eigenvalue weighted by Crippen LogP contribution is -2.33. The summed E-state index contributed by atoms with van der Waals surface area (Å²) < 4.78 is 6.09. The molecule has 4 atom stereocenters. The summed E-state index contributed by atoms with van der Waals surface area (Å²) in [4.78, 5) is 107. The molecule has 3 aromatic heterocycles. The number of fused-ring (bicyclic) bond motifs is 8. The second kappa shape index (κ2) is 31.5. The molecule has 436 valence electrons. The number of terminal acetylenes is 1. The van der Waals surface area contributed by atoms with Gasteiger partial charge in [-0.2, -0.15) is 15.2 Å². The largest absolute Gasteiger partial charge is 0.349 e. The van der Waals surface area contributed by atoms with Gasteiger partial charge in [0.2, 0.25) is 0 Å². The topological polar surface area (TPSA) is 341 Å². The maximum Gasteiger partial charge on any atom is 0.345 e. The van der Waals surface area contributed by atoms with E-state index in [1.54, 1.807) is 82.4 Å². The molecule has 37 heteroatoms. The van der Waals surface area contributed by atoms with Gasteiger partial charge in [-0.1, -0.05) is 33.7 Å². The fourth-order valence-electron chi connectivity index (χ4n) is 9.06. The molecular formula is C47H58B4IN21O11. The zero-order valence-corrected chi connectivity index (χ0v) is 47.7. The van der Waals surface area contributed by atoms with E-state index in [0.717, 1.165) is 40.9 Å². The Bertz CT molecular complexity index is 2940. The third kappa shape index (κ3) is 16.6. The van der Waals surface area contributed by atoms with Crippen molar-refractivity contribution < 1.29 is 53.2 Å². The van der Waals surface area contributed by atoms with Crippen molar-refractivity contribution >= 4 is 118 Å². The zero-order valence-electron chi connectivity index (χ0n) is 45.5. The van der Waals surface area contributed by atoms with E-state index < -0.39 is 6.03 Å². The molecule has 4 fully saturated rings. The Balaban J connectivity index is 0.000000156. The summed E-state index contributed by atoms with van der Waals surface area (Å²) in [6.07, 6.45) is 23.9. The van der Waals surface area contributed by atoms with E-state index in [0.29, 0.717) is 108 Å². The highest BCUT2D eigenvalue weighted by molar-refractivity contribution is 14.1. The Labute approximate surface area is 498 Å². The van der Waals surface area contributed by atoms with Crippen molar-refractivity contribution in [1.82, 2.24) is 106 Å². The number of hydroxylamine groups is 6. The molecule has 4 unspecified atom stereocenters. The molecule has 0 aliphatic carbocycles. The maximum atomic E-state index is 12.2. The highest BCUT2D eigenvalue weighted by Gasteiger charge is 2.43. The van der Waals surface area contributed by atoms with Crippen LogP contribution < -0.4 is 20.9 Å². The fourth-order valence-corrected chi connectivity index (χ4v) is 9.89. The molecule has 0 spiro atoms. The van der Waals surface area contributed by atoms with Crippen LogP contribution in [0, 0.1) is 12.3 Å². The normalized spacial score (nSPS) is 20.3. The molecule has 8 aliphatic rings. The van der Waals surface area contributed by atoms with E-state index in [2.05, 4.69) is 99.6 Å². The summed E-state index contributed by atoms with van der Waals surface area (Å²) >= 11 is 2.25. The van der Waals surface area contributed by atoms with E-state index in [1.807, 2.05) is 12.2 Å². The second-order valence-electron chi connectivity index (χ2n) is 18.7. The van der Waals surface area contributed by atoms with Crippen LogP contribution in [0.5, 0.6) is 0 Å². The number of hydrogen-bond acceptors (Lipinski definition) is 21. The average Bonchev–Trinajstić information content (AvgIpc) is 2.77. The highest BCUT2D eigenvalue weighted by Crippen LogP contribution is 2.29. The molecule has 32 nitrogen and oxygen atoms in total. The third-order valence-corrected chi connectivity index (χ3v) is 13.6. The predicted molar refractivity (Wildman–Crippen MR) is 313 cm³/mol. The number of rotatable bonds is 24. The lowest BCUT2D eigenvalue weighted by atomic mass is 9.99. The lowest BCUT2D eigenvalue weighted by Gasteiger charge is -2.20. The van der Waals surface area contributed by atoms with Gasteiger partial charge in [0.1, 0.15) is 0 Å². The Morgan fingerprint density at radius 1 is 0.595 bits per heavy atom. The Morgan fingerprint density at radius 2 is 0.976 bits per heavy atom. The SMILES string of the molecule is C#CCN[B]C=O.C=CCON1C(=O)N2CC(I)=CC1C2.C=CCON1C(=O)N2CC(n3cc(CN[B]C=O)nn3)=CC1C2.CN1C(=O)N2CC(n3cc(CN[B]C=O)nn3)=CC1C2.O=C[B]NCc1cn(C2=CC3CN(C2)C(=O)N3O)nn1. The standard InChI is InChI=1S/C13H16BN6O3.C11H14BN6O2.C10H12BN6O3.C9H11IN2O2.C4H5BNO/c1-2-3-23-20-12-4-11(7-18(8-12)13(20)22)19-6-10(16-17-19)5-15-14-9-21;1-16-9-2-10(6-17(5-9)11(16)20)18-4-8(14-15-18)3-13-12-7-19;18-6-11-12-2-7-3-16(14-13-7)8-1-9-5-15(4-8)10(19)17(9)20;1-2-3-14-12-8-4-7(10)5-11(6-8)9(12)13;1-2-3-6-5-4-7/h2,4,6,9,12,15H,1,3,5,7-8H2;2,4,7,9,13H,3,5-6H2,1H3;1,3,6,9,12,20H,2,4-5H2;2,4,8H,1,3,5-6H2;1,4,6H,3H2. The van der Waals surface area contributed by atoms with E-state index in [4.69, 9.17) is 16.1 Å². The number of aromatic nitrogens is 9. The van der Waals surface area contributed by atoms with Crippen LogP contribution in [0.25, 0.3) is 17.1 Å². The van der Waals surface area contributed by atoms with Gasteiger partial charge in [-0.05, 0) is 46.9 Å². The first-order chi connectivity index (χ1) is 40.7. The number of carbonyl (C=O) groups excluding carboxylic acids is 8. The van der Waals surface area contributed by atoms with Crippen LogP contribution in [0.15, 0.2) is 71.8 Å². The van der Waals surface area contributed by atoms with Gasteiger partial charge in [-0.15, -0.1) is 34.9 Å². The number of carbonyl (C=O) groups is 8. The van der Waals surface area contributed by atoms with Crippen molar-refractivity contribution in [2.45, 2.75) is 43.8 Å². The average molecular weight is 1260 g/mol. The lowest BCUT2D eigenvalue weighted by molar-refractivity contribution is -0.107. The van der Waals surface area contributed by atoms with Gasteiger partial charge < -0.3 is 64.6 Å². The molecule has 11 rings (SSSR count). The quantitative estimate of drug-likeness (QED) is 0.0114. The van der Waals surface area contributed by atoms with Crippen molar-refractivity contribution in [1.29, 1.82) is 0 Å². The number of amides is 8. The molecule has 5 N–H and O–H groups in total. The van der Waals surface area contributed by atoms with Gasteiger partial charge in [0.15, 0.2) is 0 Å². The minimum atomic E-state index is -0.399. The molecule has 8 aliphatic heterocycles. The number of hydrogen-bond donors (Lipinski definition) is 5. The minimum absolute atomic E-state index is 0.0419. The van der Waals surface area contributed by atoms with Crippen LogP contribution in [0.4, 0.5) is 19.2 Å². The van der Waals surface area contributed by atoms with Crippen LogP contribution in [0.3, 0.4) is 0 Å². The molecule has 8 amide bonds.